The lowest BCUT2D eigenvalue weighted by Gasteiger charge is -2.09. The van der Waals surface area contributed by atoms with Gasteiger partial charge in [-0.05, 0) is 19.3 Å². The summed E-state index contributed by atoms with van der Waals surface area (Å²) in [6, 6.07) is -0.176. The molecule has 0 aliphatic carbocycles. The maximum absolute atomic E-state index is 11.6. The molecule has 1 unspecified atom stereocenters. The number of alkyl halides is 3. The van der Waals surface area contributed by atoms with Crippen LogP contribution in [-0.2, 0) is 0 Å². The molecule has 0 spiro atoms. The van der Waals surface area contributed by atoms with E-state index in [-0.39, 0.29) is 12.5 Å². The summed E-state index contributed by atoms with van der Waals surface area (Å²) in [7, 11) is 0. The molecule has 12 heavy (non-hydrogen) atoms. The third kappa shape index (κ3) is 7.60. The Balaban J connectivity index is 3.36. The molecule has 0 rings (SSSR count). The van der Waals surface area contributed by atoms with Gasteiger partial charge in [0, 0.05) is 12.5 Å². The highest BCUT2D eigenvalue weighted by molar-refractivity contribution is 4.75. The van der Waals surface area contributed by atoms with E-state index in [1.807, 2.05) is 0 Å². The van der Waals surface area contributed by atoms with E-state index in [2.05, 4.69) is 6.58 Å². The van der Waals surface area contributed by atoms with Crippen molar-refractivity contribution in [2.24, 2.45) is 5.73 Å². The first-order valence-electron chi connectivity index (χ1n) is 3.89. The van der Waals surface area contributed by atoms with Gasteiger partial charge in [0.15, 0.2) is 0 Å². The largest absolute Gasteiger partial charge is 0.389 e. The van der Waals surface area contributed by atoms with Gasteiger partial charge in [0.05, 0.1) is 0 Å². The molecule has 1 atom stereocenters. The minimum atomic E-state index is -4.05. The van der Waals surface area contributed by atoms with Crippen molar-refractivity contribution in [1.29, 1.82) is 0 Å². The van der Waals surface area contributed by atoms with E-state index in [1.54, 1.807) is 6.08 Å². The van der Waals surface area contributed by atoms with Crippen LogP contribution in [0.3, 0.4) is 0 Å². The van der Waals surface area contributed by atoms with E-state index in [1.165, 1.54) is 0 Å². The van der Waals surface area contributed by atoms with Crippen LogP contribution in [0.5, 0.6) is 0 Å². The summed E-state index contributed by atoms with van der Waals surface area (Å²) in [4.78, 5) is 0. The normalized spacial score (nSPS) is 14.3. The van der Waals surface area contributed by atoms with E-state index in [0.717, 1.165) is 0 Å². The molecule has 0 aromatic heterocycles. The van der Waals surface area contributed by atoms with Crippen LogP contribution in [0.2, 0.25) is 0 Å². The fourth-order valence-electron chi connectivity index (χ4n) is 0.897. The van der Waals surface area contributed by atoms with Gasteiger partial charge in [0.1, 0.15) is 0 Å². The molecule has 2 N–H and O–H groups in total. The quantitative estimate of drug-likeness (QED) is 0.648. The Morgan fingerprint density at radius 2 is 2.00 bits per heavy atom. The Morgan fingerprint density at radius 3 is 2.42 bits per heavy atom. The van der Waals surface area contributed by atoms with Crippen LogP contribution in [0.25, 0.3) is 0 Å². The molecule has 0 saturated heterocycles. The highest BCUT2D eigenvalue weighted by atomic mass is 19.4. The summed E-state index contributed by atoms with van der Waals surface area (Å²) < 4.78 is 34.9. The Bertz CT molecular complexity index is 131. The van der Waals surface area contributed by atoms with Crippen LogP contribution in [0.1, 0.15) is 25.7 Å². The first-order chi connectivity index (χ1) is 5.45. The zero-order chi connectivity index (χ0) is 9.61. The molecule has 0 radical (unpaired) electrons. The average Bonchev–Trinajstić information content (AvgIpc) is 1.84. The van der Waals surface area contributed by atoms with Crippen LogP contribution in [0.4, 0.5) is 13.2 Å². The molecule has 0 aromatic carbocycles. The first kappa shape index (κ1) is 11.5. The van der Waals surface area contributed by atoms with E-state index in [4.69, 9.17) is 5.73 Å². The van der Waals surface area contributed by atoms with E-state index in [0.29, 0.717) is 12.8 Å². The highest BCUT2D eigenvalue weighted by Gasteiger charge is 2.26. The van der Waals surface area contributed by atoms with Gasteiger partial charge < -0.3 is 5.73 Å². The molecule has 0 aliphatic rings. The lowest BCUT2D eigenvalue weighted by Crippen LogP contribution is -2.19. The molecule has 0 amide bonds. The van der Waals surface area contributed by atoms with Crippen molar-refractivity contribution in [2.75, 3.05) is 0 Å². The van der Waals surface area contributed by atoms with Gasteiger partial charge in [-0.3, -0.25) is 0 Å². The predicted molar refractivity (Wildman–Crippen MR) is 42.7 cm³/mol. The topological polar surface area (TPSA) is 26.0 Å². The third-order valence-electron chi connectivity index (χ3n) is 1.50. The van der Waals surface area contributed by atoms with Gasteiger partial charge in [-0.2, -0.15) is 13.2 Å². The Morgan fingerprint density at radius 1 is 1.42 bits per heavy atom. The second-order valence-corrected chi connectivity index (χ2v) is 2.79. The Kier molecular flexibility index (Phi) is 4.97. The second-order valence-electron chi connectivity index (χ2n) is 2.79. The van der Waals surface area contributed by atoms with Gasteiger partial charge >= 0.3 is 6.18 Å². The van der Waals surface area contributed by atoms with Gasteiger partial charge in [-0.25, -0.2) is 0 Å². The van der Waals surface area contributed by atoms with E-state index in [9.17, 15) is 13.2 Å². The van der Waals surface area contributed by atoms with Gasteiger partial charge in [0.2, 0.25) is 0 Å². The van der Waals surface area contributed by atoms with Crippen molar-refractivity contribution in [3.8, 4) is 0 Å². The maximum Gasteiger partial charge on any atom is 0.389 e. The maximum atomic E-state index is 11.6. The number of hydrogen-bond donors (Lipinski definition) is 1. The molecule has 1 nitrogen and oxygen atoms in total. The number of nitrogens with two attached hydrogens (primary N) is 1. The highest BCUT2D eigenvalue weighted by Crippen LogP contribution is 2.22. The van der Waals surface area contributed by atoms with Crippen LogP contribution in [-0.4, -0.2) is 12.2 Å². The van der Waals surface area contributed by atoms with Crippen molar-refractivity contribution >= 4 is 0 Å². The SMILES string of the molecule is C=CCC(N)CCCC(F)(F)F. The van der Waals surface area contributed by atoms with Crippen LogP contribution < -0.4 is 5.73 Å². The fourth-order valence-corrected chi connectivity index (χ4v) is 0.897. The molecule has 0 heterocycles. The van der Waals surface area contributed by atoms with Crippen LogP contribution in [0.15, 0.2) is 12.7 Å². The molecule has 4 heteroatoms. The number of hydrogen-bond acceptors (Lipinski definition) is 1. The van der Waals surface area contributed by atoms with E-state index < -0.39 is 12.6 Å². The fraction of sp³-hybridized carbons (Fsp3) is 0.750. The molecular formula is C8H14F3N. The zero-order valence-electron chi connectivity index (χ0n) is 6.90. The van der Waals surface area contributed by atoms with Crippen molar-refractivity contribution in [3.63, 3.8) is 0 Å². The molecule has 72 valence electrons. The van der Waals surface area contributed by atoms with Crippen LogP contribution in [0, 0.1) is 0 Å². The van der Waals surface area contributed by atoms with Gasteiger partial charge in [0.25, 0.3) is 0 Å². The predicted octanol–water partition coefficient (Wildman–Crippen LogP) is 2.62. The minimum Gasteiger partial charge on any atom is -0.327 e. The average molecular weight is 181 g/mol. The molecule has 0 aromatic rings. The standard InChI is InChI=1S/C8H14F3N/c1-2-4-7(12)5-3-6-8(9,10)11/h2,7H,1,3-6,12H2. The lowest BCUT2D eigenvalue weighted by molar-refractivity contribution is -0.135. The summed E-state index contributed by atoms with van der Waals surface area (Å²) in [5.74, 6) is 0. The number of rotatable bonds is 5. The minimum absolute atomic E-state index is 0.110. The summed E-state index contributed by atoms with van der Waals surface area (Å²) >= 11 is 0. The van der Waals surface area contributed by atoms with Crippen molar-refractivity contribution in [2.45, 2.75) is 37.9 Å². The monoisotopic (exact) mass is 181 g/mol. The van der Waals surface area contributed by atoms with E-state index >= 15 is 0 Å². The van der Waals surface area contributed by atoms with Crippen LogP contribution >= 0.6 is 0 Å². The molecule has 0 aliphatic heterocycles. The van der Waals surface area contributed by atoms with Crippen molar-refractivity contribution in [1.82, 2.24) is 0 Å². The van der Waals surface area contributed by atoms with Crippen molar-refractivity contribution in [3.05, 3.63) is 12.7 Å². The first-order valence-corrected chi connectivity index (χ1v) is 3.89. The Hall–Kier alpha value is -0.510. The molecule has 0 fully saturated rings. The molecule has 0 saturated carbocycles. The summed E-state index contributed by atoms with van der Waals surface area (Å²) in [5.41, 5.74) is 5.47. The smallest absolute Gasteiger partial charge is 0.327 e. The molecular weight excluding hydrogens is 167 g/mol. The molecule has 0 bridgehead atoms. The summed E-state index contributed by atoms with van der Waals surface area (Å²) in [5, 5.41) is 0. The third-order valence-corrected chi connectivity index (χ3v) is 1.50. The summed E-state index contributed by atoms with van der Waals surface area (Å²) in [6.07, 6.45) is -2.06. The van der Waals surface area contributed by atoms with Gasteiger partial charge in [-0.15, -0.1) is 6.58 Å². The second kappa shape index (κ2) is 5.19. The number of halogens is 3. The zero-order valence-corrected chi connectivity index (χ0v) is 6.90. The van der Waals surface area contributed by atoms with Gasteiger partial charge in [-0.1, -0.05) is 6.08 Å². The lowest BCUT2D eigenvalue weighted by atomic mass is 10.1. The van der Waals surface area contributed by atoms with Crippen molar-refractivity contribution < 1.29 is 13.2 Å². The summed E-state index contributed by atoms with van der Waals surface area (Å²) in [6.45, 7) is 3.46. The Labute approximate surface area is 70.4 Å².